The van der Waals surface area contributed by atoms with Crippen LogP contribution in [0.3, 0.4) is 0 Å². The van der Waals surface area contributed by atoms with Crippen molar-refractivity contribution in [3.05, 3.63) is 59.7 Å². The Morgan fingerprint density at radius 3 is 2.16 bits per heavy atom. The normalized spacial score (nSPS) is 11.0. The summed E-state index contributed by atoms with van der Waals surface area (Å²) in [5.74, 6) is -1.26. The van der Waals surface area contributed by atoms with E-state index < -0.39 is 28.5 Å². The molecule has 0 aliphatic rings. The summed E-state index contributed by atoms with van der Waals surface area (Å²) in [5.41, 5.74) is 1.24. The molecule has 0 saturated heterocycles. The van der Waals surface area contributed by atoms with Gasteiger partial charge >= 0.3 is 5.97 Å². The molecule has 132 valence electrons. The zero-order valence-corrected chi connectivity index (χ0v) is 13.8. The van der Waals surface area contributed by atoms with Gasteiger partial charge < -0.3 is 15.2 Å². The lowest BCUT2D eigenvalue weighted by Crippen LogP contribution is -2.21. The first-order chi connectivity index (χ1) is 11.8. The van der Waals surface area contributed by atoms with Crippen LogP contribution in [0, 0.1) is 0 Å². The number of aliphatic hydroxyl groups excluding tert-OH is 1. The van der Waals surface area contributed by atoms with Gasteiger partial charge in [0.15, 0.2) is 6.61 Å². The molecule has 0 radical (unpaired) electrons. The number of anilines is 1. The molecule has 2 aromatic rings. The molecular weight excluding hydrogens is 348 g/mol. The monoisotopic (exact) mass is 364 g/mol. The molecule has 0 aliphatic heterocycles. The SMILES string of the molecule is NS(=O)(=O)c1ccc(NC(=O)COC(=O)c2ccc(CO)cc2)cc1. The van der Waals surface area contributed by atoms with E-state index in [-0.39, 0.29) is 17.1 Å². The van der Waals surface area contributed by atoms with E-state index in [1.807, 2.05) is 0 Å². The van der Waals surface area contributed by atoms with E-state index >= 15 is 0 Å². The Morgan fingerprint density at radius 1 is 1.04 bits per heavy atom. The fourth-order valence-corrected chi connectivity index (χ4v) is 2.40. The van der Waals surface area contributed by atoms with Crippen LogP contribution in [0.25, 0.3) is 0 Å². The first-order valence-corrected chi connectivity index (χ1v) is 8.64. The topological polar surface area (TPSA) is 136 Å². The van der Waals surface area contributed by atoms with Gasteiger partial charge in [0, 0.05) is 5.69 Å². The molecule has 4 N–H and O–H groups in total. The summed E-state index contributed by atoms with van der Waals surface area (Å²) in [4.78, 5) is 23.5. The molecule has 2 aromatic carbocycles. The number of hydrogen-bond donors (Lipinski definition) is 3. The van der Waals surface area contributed by atoms with E-state index in [1.54, 1.807) is 12.1 Å². The van der Waals surface area contributed by atoms with Crippen LogP contribution in [0.15, 0.2) is 53.4 Å². The molecule has 0 saturated carbocycles. The van der Waals surface area contributed by atoms with Gasteiger partial charge in [0.05, 0.1) is 17.1 Å². The number of nitrogens with two attached hydrogens (primary N) is 1. The number of carbonyl (C=O) groups is 2. The molecule has 8 nitrogen and oxygen atoms in total. The molecule has 1 amide bonds. The molecule has 0 aromatic heterocycles. The molecule has 0 atom stereocenters. The molecule has 0 unspecified atom stereocenters. The highest BCUT2D eigenvalue weighted by Gasteiger charge is 2.11. The van der Waals surface area contributed by atoms with Crippen molar-refractivity contribution in [3.8, 4) is 0 Å². The Morgan fingerprint density at radius 2 is 1.64 bits per heavy atom. The van der Waals surface area contributed by atoms with E-state index in [1.165, 1.54) is 36.4 Å². The molecule has 0 bridgehead atoms. The smallest absolute Gasteiger partial charge is 0.338 e. The second kappa shape index (κ2) is 7.88. The van der Waals surface area contributed by atoms with Crippen LogP contribution < -0.4 is 10.5 Å². The average Bonchev–Trinajstić information content (AvgIpc) is 2.59. The zero-order valence-electron chi connectivity index (χ0n) is 13.0. The number of aliphatic hydroxyl groups is 1. The van der Waals surface area contributed by atoms with Crippen LogP contribution in [-0.2, 0) is 26.2 Å². The second-order valence-corrected chi connectivity index (χ2v) is 6.61. The number of carbonyl (C=O) groups excluding carboxylic acids is 2. The van der Waals surface area contributed by atoms with E-state index in [0.29, 0.717) is 11.3 Å². The van der Waals surface area contributed by atoms with Gasteiger partial charge in [-0.05, 0) is 42.0 Å². The maximum atomic E-state index is 11.8. The predicted octanol–water partition coefficient (Wildman–Crippen LogP) is 0.622. The largest absolute Gasteiger partial charge is 0.452 e. The van der Waals surface area contributed by atoms with Crippen LogP contribution in [0.4, 0.5) is 5.69 Å². The third kappa shape index (κ3) is 5.38. The number of nitrogens with one attached hydrogen (secondary N) is 1. The summed E-state index contributed by atoms with van der Waals surface area (Å²) in [5, 5.41) is 16.4. The number of sulfonamides is 1. The number of primary sulfonamides is 1. The lowest BCUT2D eigenvalue weighted by Gasteiger charge is -2.07. The lowest BCUT2D eigenvalue weighted by molar-refractivity contribution is -0.119. The number of hydrogen-bond acceptors (Lipinski definition) is 6. The van der Waals surface area contributed by atoms with Crippen LogP contribution >= 0.6 is 0 Å². The molecular formula is C16H16N2O6S. The minimum atomic E-state index is -3.80. The Hall–Kier alpha value is -2.75. The highest BCUT2D eigenvalue weighted by Crippen LogP contribution is 2.12. The lowest BCUT2D eigenvalue weighted by atomic mass is 10.1. The van der Waals surface area contributed by atoms with Crippen LogP contribution in [0.2, 0.25) is 0 Å². The standard InChI is InChI=1S/C16H16N2O6S/c17-25(22,23)14-7-5-13(6-8-14)18-15(20)10-24-16(21)12-3-1-11(9-19)2-4-12/h1-8,19H,9-10H2,(H,18,20)(H2,17,22,23). The van der Waals surface area contributed by atoms with Crippen LogP contribution in [-0.4, -0.2) is 32.0 Å². The third-order valence-electron chi connectivity index (χ3n) is 3.17. The highest BCUT2D eigenvalue weighted by atomic mass is 32.2. The predicted molar refractivity (Wildman–Crippen MR) is 89.1 cm³/mol. The Kier molecular flexibility index (Phi) is 5.86. The van der Waals surface area contributed by atoms with Crippen molar-refractivity contribution in [2.45, 2.75) is 11.5 Å². The summed E-state index contributed by atoms with van der Waals surface area (Å²) >= 11 is 0. The maximum Gasteiger partial charge on any atom is 0.338 e. The molecule has 0 fully saturated rings. The zero-order chi connectivity index (χ0) is 18.4. The quantitative estimate of drug-likeness (QED) is 0.643. The Balaban J connectivity index is 1.88. The first-order valence-electron chi connectivity index (χ1n) is 7.09. The summed E-state index contributed by atoms with van der Waals surface area (Å²) in [6, 6.07) is 11.3. The maximum absolute atomic E-state index is 11.8. The van der Waals surface area contributed by atoms with E-state index in [9.17, 15) is 18.0 Å². The number of esters is 1. The number of ether oxygens (including phenoxy) is 1. The molecule has 0 aliphatic carbocycles. The van der Waals surface area contributed by atoms with Gasteiger partial charge in [-0.25, -0.2) is 18.4 Å². The number of benzene rings is 2. The van der Waals surface area contributed by atoms with Crippen molar-refractivity contribution >= 4 is 27.6 Å². The molecule has 25 heavy (non-hydrogen) atoms. The van der Waals surface area contributed by atoms with E-state index in [4.69, 9.17) is 15.0 Å². The fourth-order valence-electron chi connectivity index (χ4n) is 1.89. The Labute approximate surface area is 144 Å². The van der Waals surface area contributed by atoms with Crippen molar-refractivity contribution in [2.24, 2.45) is 5.14 Å². The van der Waals surface area contributed by atoms with Crippen molar-refractivity contribution in [3.63, 3.8) is 0 Å². The molecule has 2 rings (SSSR count). The van der Waals surface area contributed by atoms with Gasteiger partial charge in [0.2, 0.25) is 10.0 Å². The van der Waals surface area contributed by atoms with Crippen LogP contribution in [0.1, 0.15) is 15.9 Å². The molecule has 0 spiro atoms. The van der Waals surface area contributed by atoms with Crippen LogP contribution in [0.5, 0.6) is 0 Å². The first kappa shape index (κ1) is 18.6. The third-order valence-corrected chi connectivity index (χ3v) is 4.10. The second-order valence-electron chi connectivity index (χ2n) is 5.05. The number of amides is 1. The van der Waals surface area contributed by atoms with E-state index in [0.717, 1.165) is 0 Å². The van der Waals surface area contributed by atoms with Gasteiger partial charge in [-0.1, -0.05) is 12.1 Å². The Bertz CT molecular complexity index is 861. The molecule has 0 heterocycles. The number of rotatable bonds is 6. The summed E-state index contributed by atoms with van der Waals surface area (Å²) < 4.78 is 27.2. The minimum absolute atomic E-state index is 0.0803. The van der Waals surface area contributed by atoms with Crippen molar-refractivity contribution < 1.29 is 27.9 Å². The fraction of sp³-hybridized carbons (Fsp3) is 0.125. The summed E-state index contributed by atoms with van der Waals surface area (Å²) in [6.45, 7) is -0.639. The van der Waals surface area contributed by atoms with Crippen molar-refractivity contribution in [1.29, 1.82) is 0 Å². The van der Waals surface area contributed by atoms with Gasteiger partial charge in [-0.2, -0.15) is 0 Å². The van der Waals surface area contributed by atoms with Gasteiger partial charge in [0.25, 0.3) is 5.91 Å². The molecule has 9 heteroatoms. The van der Waals surface area contributed by atoms with Gasteiger partial charge in [-0.3, -0.25) is 4.79 Å². The van der Waals surface area contributed by atoms with Gasteiger partial charge in [-0.15, -0.1) is 0 Å². The minimum Gasteiger partial charge on any atom is -0.452 e. The van der Waals surface area contributed by atoms with Crippen molar-refractivity contribution in [2.75, 3.05) is 11.9 Å². The van der Waals surface area contributed by atoms with Gasteiger partial charge in [0.1, 0.15) is 0 Å². The summed E-state index contributed by atoms with van der Waals surface area (Å²) in [7, 11) is -3.80. The van der Waals surface area contributed by atoms with E-state index in [2.05, 4.69) is 5.32 Å². The van der Waals surface area contributed by atoms with Crippen molar-refractivity contribution in [1.82, 2.24) is 0 Å². The highest BCUT2D eigenvalue weighted by molar-refractivity contribution is 7.89. The summed E-state index contributed by atoms with van der Waals surface area (Å²) in [6.07, 6.45) is 0. The average molecular weight is 364 g/mol.